The smallest absolute Gasteiger partial charge is 0.0517 e. The molecule has 0 spiro atoms. The molecule has 0 aliphatic heterocycles. The van der Waals surface area contributed by atoms with Crippen LogP contribution in [0.1, 0.15) is 25.1 Å². The molecule has 0 amide bonds. The lowest BCUT2D eigenvalue weighted by Gasteiger charge is -1.97. The Labute approximate surface area is 77.0 Å². The van der Waals surface area contributed by atoms with Crippen molar-refractivity contribution < 1.29 is 0 Å². The van der Waals surface area contributed by atoms with Gasteiger partial charge in [0.25, 0.3) is 0 Å². The average molecular weight is 216 g/mol. The lowest BCUT2D eigenvalue weighted by molar-refractivity contribution is 1.15. The van der Waals surface area contributed by atoms with Gasteiger partial charge in [-0.15, -0.1) is 0 Å². The lowest BCUT2D eigenvalue weighted by Crippen LogP contribution is -1.83. The molecule has 0 bridgehead atoms. The molecule has 11 heavy (non-hydrogen) atoms. The van der Waals surface area contributed by atoms with Crippen LogP contribution in [0.15, 0.2) is 16.7 Å². The first kappa shape index (κ1) is 10.6. The highest BCUT2D eigenvalue weighted by Crippen LogP contribution is 2.16. The second-order valence-corrected chi connectivity index (χ2v) is 2.82. The van der Waals surface area contributed by atoms with Gasteiger partial charge in [-0.25, -0.2) is 0 Å². The third kappa shape index (κ3) is 3.02. The van der Waals surface area contributed by atoms with Crippen molar-refractivity contribution in [2.24, 2.45) is 0 Å². The first-order valence-corrected chi connectivity index (χ1v) is 4.59. The fraction of sp³-hybridized carbons (Fsp3) is 0.444. The fourth-order valence-electron chi connectivity index (χ4n) is 0.676. The fourth-order valence-corrected chi connectivity index (χ4v) is 0.911. The van der Waals surface area contributed by atoms with E-state index < -0.39 is 0 Å². The van der Waals surface area contributed by atoms with Crippen molar-refractivity contribution in [1.29, 1.82) is 0 Å². The van der Waals surface area contributed by atoms with Gasteiger partial charge >= 0.3 is 0 Å². The summed E-state index contributed by atoms with van der Waals surface area (Å²) in [5.41, 5.74) is 2.29. The van der Waals surface area contributed by atoms with Crippen LogP contribution in [0.2, 0.25) is 0 Å². The zero-order valence-corrected chi connectivity index (χ0v) is 9.07. The summed E-state index contributed by atoms with van der Waals surface area (Å²) < 4.78 is 1.12. The Morgan fingerprint density at radius 1 is 1.27 bits per heavy atom. The predicted molar refractivity (Wildman–Crippen MR) is 52.8 cm³/mol. The van der Waals surface area contributed by atoms with Crippen LogP contribution in [0.3, 0.4) is 0 Å². The molecule has 0 radical (unpaired) electrons. The summed E-state index contributed by atoms with van der Waals surface area (Å²) in [4.78, 5) is 4.09. The normalized spacial score (nSPS) is 8.45. The monoisotopic (exact) mass is 215 g/mol. The number of rotatable bonds is 0. The maximum Gasteiger partial charge on any atom is 0.0517 e. The highest BCUT2D eigenvalue weighted by Gasteiger charge is 1.95. The largest absolute Gasteiger partial charge is 0.260 e. The third-order valence-corrected chi connectivity index (χ3v) is 2.46. The van der Waals surface area contributed by atoms with Gasteiger partial charge in [0, 0.05) is 10.7 Å². The lowest BCUT2D eigenvalue weighted by atomic mass is 10.3. The molecule has 2 heteroatoms. The number of aryl methyl sites for hydroxylation is 2. The van der Waals surface area contributed by atoms with E-state index in [-0.39, 0.29) is 0 Å². The number of pyridine rings is 1. The molecule has 0 fully saturated rings. The average Bonchev–Trinajstić information content (AvgIpc) is 2.04. The van der Waals surface area contributed by atoms with E-state index in [1.165, 1.54) is 5.56 Å². The molecule has 0 N–H and O–H groups in total. The maximum atomic E-state index is 4.09. The second kappa shape index (κ2) is 5.30. The van der Waals surface area contributed by atoms with Gasteiger partial charge in [-0.05, 0) is 41.4 Å². The van der Waals surface area contributed by atoms with E-state index in [1.807, 2.05) is 33.0 Å². The Balaban J connectivity index is 0.000000461. The van der Waals surface area contributed by atoms with E-state index in [4.69, 9.17) is 0 Å². The molecule has 1 nitrogen and oxygen atoms in total. The molecule has 1 heterocycles. The minimum atomic E-state index is 1.05. The van der Waals surface area contributed by atoms with Crippen molar-refractivity contribution >= 4 is 15.9 Å². The minimum absolute atomic E-state index is 1.05. The Kier molecular flexibility index (Phi) is 5.12. The van der Waals surface area contributed by atoms with E-state index in [9.17, 15) is 0 Å². The van der Waals surface area contributed by atoms with Crippen molar-refractivity contribution in [3.8, 4) is 0 Å². The van der Waals surface area contributed by atoms with Crippen LogP contribution in [-0.4, -0.2) is 4.98 Å². The quantitative estimate of drug-likeness (QED) is 0.646. The van der Waals surface area contributed by atoms with Gasteiger partial charge < -0.3 is 0 Å². The zero-order valence-electron chi connectivity index (χ0n) is 7.48. The first-order valence-electron chi connectivity index (χ1n) is 3.79. The van der Waals surface area contributed by atoms with Crippen molar-refractivity contribution in [2.45, 2.75) is 27.7 Å². The van der Waals surface area contributed by atoms with Crippen LogP contribution in [-0.2, 0) is 0 Å². The van der Waals surface area contributed by atoms with E-state index >= 15 is 0 Å². The van der Waals surface area contributed by atoms with Crippen molar-refractivity contribution in [3.63, 3.8) is 0 Å². The summed E-state index contributed by atoms with van der Waals surface area (Å²) in [6.07, 6.45) is 1.81. The Hall–Kier alpha value is -0.370. The van der Waals surface area contributed by atoms with E-state index in [0.29, 0.717) is 0 Å². The molecule has 1 aromatic heterocycles. The molecule has 0 aliphatic rings. The van der Waals surface area contributed by atoms with Crippen LogP contribution < -0.4 is 0 Å². The molecule has 1 aromatic rings. The van der Waals surface area contributed by atoms with Crippen LogP contribution in [0.5, 0.6) is 0 Å². The highest BCUT2D eigenvalue weighted by atomic mass is 79.9. The molecule has 0 atom stereocenters. The van der Waals surface area contributed by atoms with Crippen LogP contribution >= 0.6 is 15.9 Å². The van der Waals surface area contributed by atoms with Gasteiger partial charge in [-0.3, -0.25) is 4.98 Å². The van der Waals surface area contributed by atoms with E-state index in [2.05, 4.69) is 27.8 Å². The third-order valence-electron chi connectivity index (χ3n) is 1.26. The Bertz CT molecular complexity index is 201. The molecule has 62 valence electrons. The molecular formula is C9H14BrN. The highest BCUT2D eigenvalue weighted by molar-refractivity contribution is 9.10. The Morgan fingerprint density at radius 2 is 1.82 bits per heavy atom. The molecule has 0 saturated heterocycles. The topological polar surface area (TPSA) is 12.9 Å². The van der Waals surface area contributed by atoms with Gasteiger partial charge in [-0.1, -0.05) is 13.8 Å². The first-order chi connectivity index (χ1) is 5.22. The van der Waals surface area contributed by atoms with Crippen molar-refractivity contribution in [1.82, 2.24) is 4.98 Å². The summed E-state index contributed by atoms with van der Waals surface area (Å²) in [6, 6.07) is 1.98. The van der Waals surface area contributed by atoms with E-state index in [0.717, 1.165) is 10.2 Å². The molecular weight excluding hydrogens is 202 g/mol. The Morgan fingerprint density at radius 3 is 2.18 bits per heavy atom. The zero-order chi connectivity index (χ0) is 8.85. The number of hydrogen-bond acceptors (Lipinski definition) is 1. The van der Waals surface area contributed by atoms with Gasteiger partial charge in [0.05, 0.1) is 5.69 Å². The number of hydrogen-bond donors (Lipinski definition) is 0. The molecule has 0 saturated carbocycles. The van der Waals surface area contributed by atoms with Crippen LogP contribution in [0.25, 0.3) is 0 Å². The summed E-state index contributed by atoms with van der Waals surface area (Å²) in [5, 5.41) is 0. The number of halogens is 1. The summed E-state index contributed by atoms with van der Waals surface area (Å²) in [7, 11) is 0. The molecule has 0 aliphatic carbocycles. The molecule has 0 aromatic carbocycles. The van der Waals surface area contributed by atoms with Gasteiger partial charge in [0.1, 0.15) is 0 Å². The van der Waals surface area contributed by atoms with Crippen LogP contribution in [0.4, 0.5) is 0 Å². The van der Waals surface area contributed by atoms with Crippen molar-refractivity contribution in [2.75, 3.05) is 0 Å². The van der Waals surface area contributed by atoms with Crippen LogP contribution in [0, 0.1) is 13.8 Å². The van der Waals surface area contributed by atoms with Gasteiger partial charge in [-0.2, -0.15) is 0 Å². The number of nitrogens with zero attached hydrogens (tertiary/aromatic N) is 1. The summed E-state index contributed by atoms with van der Waals surface area (Å²) in [5.74, 6) is 0. The molecule has 0 unspecified atom stereocenters. The predicted octanol–water partition coefficient (Wildman–Crippen LogP) is 3.49. The minimum Gasteiger partial charge on any atom is -0.260 e. The molecule has 1 rings (SSSR count). The number of aromatic nitrogens is 1. The van der Waals surface area contributed by atoms with E-state index in [1.54, 1.807) is 0 Å². The van der Waals surface area contributed by atoms with Gasteiger partial charge in [0.2, 0.25) is 0 Å². The summed E-state index contributed by atoms with van der Waals surface area (Å²) in [6.45, 7) is 8.04. The van der Waals surface area contributed by atoms with Crippen molar-refractivity contribution in [3.05, 3.63) is 28.0 Å². The SMILES string of the molecule is CC.Cc1ccnc(C)c1Br. The summed E-state index contributed by atoms with van der Waals surface area (Å²) >= 11 is 3.42. The van der Waals surface area contributed by atoms with Gasteiger partial charge in [0.15, 0.2) is 0 Å². The standard InChI is InChI=1S/C7H8BrN.C2H6/c1-5-3-4-9-6(2)7(5)8;1-2/h3-4H,1-2H3;1-2H3. The second-order valence-electron chi connectivity index (χ2n) is 2.03. The maximum absolute atomic E-state index is 4.09.